The molecular formula is C24H23N3O4S. The summed E-state index contributed by atoms with van der Waals surface area (Å²) in [5.41, 5.74) is 3.70. The molecule has 1 heterocycles. The average Bonchev–Trinajstić information content (AvgIpc) is 2.76. The van der Waals surface area contributed by atoms with Crippen LogP contribution >= 0.6 is 0 Å². The van der Waals surface area contributed by atoms with Gasteiger partial charge in [-0.1, -0.05) is 30.3 Å². The van der Waals surface area contributed by atoms with Crippen molar-refractivity contribution in [1.82, 2.24) is 0 Å². The van der Waals surface area contributed by atoms with Crippen LogP contribution in [0.25, 0.3) is 0 Å². The fourth-order valence-corrected chi connectivity index (χ4v) is 4.75. The van der Waals surface area contributed by atoms with Crippen LogP contribution in [0.15, 0.2) is 77.7 Å². The van der Waals surface area contributed by atoms with Gasteiger partial charge in [-0.05, 0) is 60.0 Å². The van der Waals surface area contributed by atoms with Crippen molar-refractivity contribution < 1.29 is 18.0 Å². The normalized spacial score (nSPS) is 13.4. The standard InChI is InChI=1S/C24H23N3O4S/c1-17(28)25-20-8-11-22(12-9-20)32(30,31)26-21-10-13-23-19(15-21)7-14-24(29)27(23)16-18-5-3-2-4-6-18/h2-6,8-13,15,26H,7,14,16H2,1H3,(H,25,28). The zero-order valence-electron chi connectivity index (χ0n) is 17.5. The van der Waals surface area contributed by atoms with Crippen LogP contribution in [0.4, 0.5) is 17.1 Å². The fourth-order valence-electron chi connectivity index (χ4n) is 3.70. The molecule has 4 rings (SSSR count). The van der Waals surface area contributed by atoms with E-state index in [4.69, 9.17) is 0 Å². The lowest BCUT2D eigenvalue weighted by molar-refractivity contribution is -0.119. The zero-order valence-corrected chi connectivity index (χ0v) is 18.4. The van der Waals surface area contributed by atoms with E-state index in [1.54, 1.807) is 23.1 Å². The van der Waals surface area contributed by atoms with E-state index in [1.165, 1.54) is 31.2 Å². The third-order valence-corrected chi connectivity index (χ3v) is 6.60. The van der Waals surface area contributed by atoms with Gasteiger partial charge in [-0.2, -0.15) is 0 Å². The summed E-state index contributed by atoms with van der Waals surface area (Å²) in [4.78, 5) is 25.5. The van der Waals surface area contributed by atoms with E-state index >= 15 is 0 Å². The monoisotopic (exact) mass is 449 g/mol. The predicted octanol–water partition coefficient (Wildman–Crippen LogP) is 3.93. The Kier molecular flexibility index (Phi) is 5.96. The topological polar surface area (TPSA) is 95.6 Å². The molecule has 0 aromatic heterocycles. The molecule has 2 N–H and O–H groups in total. The van der Waals surface area contributed by atoms with Crippen LogP contribution in [0.3, 0.4) is 0 Å². The van der Waals surface area contributed by atoms with Crippen LogP contribution in [0, 0.1) is 0 Å². The Bertz CT molecular complexity index is 1260. The fraction of sp³-hybridized carbons (Fsp3) is 0.167. The molecule has 7 nitrogen and oxygen atoms in total. The maximum absolute atomic E-state index is 12.8. The first-order chi connectivity index (χ1) is 15.3. The minimum atomic E-state index is -3.80. The summed E-state index contributed by atoms with van der Waals surface area (Å²) in [6.45, 7) is 1.86. The van der Waals surface area contributed by atoms with Gasteiger partial charge in [0.25, 0.3) is 10.0 Å². The summed E-state index contributed by atoms with van der Waals surface area (Å²) in [6, 6.07) is 20.9. The van der Waals surface area contributed by atoms with Gasteiger partial charge in [-0.3, -0.25) is 14.3 Å². The van der Waals surface area contributed by atoms with Crippen molar-refractivity contribution >= 4 is 38.9 Å². The lowest BCUT2D eigenvalue weighted by Gasteiger charge is -2.30. The van der Waals surface area contributed by atoms with E-state index in [2.05, 4.69) is 10.0 Å². The number of nitrogens with zero attached hydrogens (tertiary/aromatic N) is 1. The van der Waals surface area contributed by atoms with Crippen molar-refractivity contribution in [3.8, 4) is 0 Å². The van der Waals surface area contributed by atoms with Gasteiger partial charge in [-0.25, -0.2) is 8.42 Å². The van der Waals surface area contributed by atoms with Crippen molar-refractivity contribution in [1.29, 1.82) is 0 Å². The molecule has 0 saturated carbocycles. The molecule has 1 aliphatic heterocycles. The molecule has 3 aromatic rings. The summed E-state index contributed by atoms with van der Waals surface area (Å²) in [6.07, 6.45) is 0.932. The van der Waals surface area contributed by atoms with Gasteiger partial charge in [0.15, 0.2) is 0 Å². The average molecular weight is 450 g/mol. The summed E-state index contributed by atoms with van der Waals surface area (Å²) in [5, 5.41) is 2.61. The minimum Gasteiger partial charge on any atom is -0.326 e. The summed E-state index contributed by atoms with van der Waals surface area (Å²) < 4.78 is 28.2. The number of nitrogens with one attached hydrogen (secondary N) is 2. The predicted molar refractivity (Wildman–Crippen MR) is 124 cm³/mol. The second kappa shape index (κ2) is 8.84. The number of benzene rings is 3. The van der Waals surface area contributed by atoms with Gasteiger partial charge in [-0.15, -0.1) is 0 Å². The number of hydrogen-bond donors (Lipinski definition) is 2. The van der Waals surface area contributed by atoms with Gasteiger partial charge in [0.1, 0.15) is 0 Å². The van der Waals surface area contributed by atoms with Crippen molar-refractivity contribution in [2.24, 2.45) is 0 Å². The van der Waals surface area contributed by atoms with E-state index in [-0.39, 0.29) is 16.7 Å². The molecule has 0 bridgehead atoms. The Hall–Kier alpha value is -3.65. The summed E-state index contributed by atoms with van der Waals surface area (Å²) in [5.74, 6) is -0.179. The van der Waals surface area contributed by atoms with Crippen molar-refractivity contribution in [3.63, 3.8) is 0 Å². The molecule has 2 amide bonds. The third kappa shape index (κ3) is 4.81. The lowest BCUT2D eigenvalue weighted by atomic mass is 10.00. The molecule has 0 spiro atoms. The maximum Gasteiger partial charge on any atom is 0.261 e. The second-order valence-corrected chi connectivity index (χ2v) is 9.30. The van der Waals surface area contributed by atoms with E-state index in [0.29, 0.717) is 30.8 Å². The second-order valence-electron chi connectivity index (χ2n) is 7.62. The van der Waals surface area contributed by atoms with Gasteiger partial charge in [0.2, 0.25) is 11.8 Å². The summed E-state index contributed by atoms with van der Waals surface area (Å²) in [7, 11) is -3.80. The molecule has 164 valence electrons. The van der Waals surface area contributed by atoms with Crippen LogP contribution in [0.2, 0.25) is 0 Å². The van der Waals surface area contributed by atoms with Crippen LogP contribution < -0.4 is 14.9 Å². The first-order valence-corrected chi connectivity index (χ1v) is 11.7. The van der Waals surface area contributed by atoms with Crippen molar-refractivity contribution in [2.45, 2.75) is 31.2 Å². The Morgan fingerprint density at radius 2 is 1.62 bits per heavy atom. The highest BCUT2D eigenvalue weighted by atomic mass is 32.2. The maximum atomic E-state index is 12.8. The number of hydrogen-bond acceptors (Lipinski definition) is 4. The quantitative estimate of drug-likeness (QED) is 0.596. The highest BCUT2D eigenvalue weighted by molar-refractivity contribution is 7.92. The number of carbonyl (C=O) groups is 2. The molecule has 0 unspecified atom stereocenters. The van der Waals surface area contributed by atoms with E-state index in [0.717, 1.165) is 16.8 Å². The first-order valence-electron chi connectivity index (χ1n) is 10.2. The zero-order chi connectivity index (χ0) is 22.7. The van der Waals surface area contributed by atoms with E-state index in [1.807, 2.05) is 30.3 Å². The molecular weight excluding hydrogens is 426 g/mol. The summed E-state index contributed by atoms with van der Waals surface area (Å²) >= 11 is 0. The highest BCUT2D eigenvalue weighted by Crippen LogP contribution is 2.32. The Balaban J connectivity index is 1.54. The SMILES string of the molecule is CC(=O)Nc1ccc(S(=O)(=O)Nc2ccc3c(c2)CCC(=O)N3Cc2ccccc2)cc1. The third-order valence-electron chi connectivity index (χ3n) is 5.20. The van der Waals surface area contributed by atoms with Gasteiger partial charge in [0.05, 0.1) is 11.4 Å². The molecule has 0 fully saturated rings. The minimum absolute atomic E-state index is 0.0499. The van der Waals surface area contributed by atoms with Gasteiger partial charge in [0, 0.05) is 30.4 Å². The Morgan fingerprint density at radius 1 is 0.938 bits per heavy atom. The van der Waals surface area contributed by atoms with E-state index in [9.17, 15) is 18.0 Å². The van der Waals surface area contributed by atoms with Crippen LogP contribution in [-0.4, -0.2) is 20.2 Å². The first kappa shape index (κ1) is 21.6. The van der Waals surface area contributed by atoms with Gasteiger partial charge >= 0.3 is 0 Å². The van der Waals surface area contributed by atoms with Gasteiger partial charge < -0.3 is 10.2 Å². The molecule has 0 radical (unpaired) electrons. The molecule has 8 heteroatoms. The molecule has 0 saturated heterocycles. The number of fused-ring (bicyclic) bond motifs is 1. The molecule has 1 aliphatic rings. The van der Waals surface area contributed by atoms with Crippen molar-refractivity contribution in [2.75, 3.05) is 14.9 Å². The number of amides is 2. The highest BCUT2D eigenvalue weighted by Gasteiger charge is 2.25. The number of carbonyl (C=O) groups excluding carboxylic acids is 2. The smallest absolute Gasteiger partial charge is 0.261 e. The van der Waals surface area contributed by atoms with Crippen molar-refractivity contribution in [3.05, 3.63) is 83.9 Å². The number of aryl methyl sites for hydroxylation is 1. The van der Waals surface area contributed by atoms with Crippen LogP contribution in [-0.2, 0) is 32.6 Å². The molecule has 0 aliphatic carbocycles. The number of rotatable bonds is 6. The van der Waals surface area contributed by atoms with E-state index < -0.39 is 10.0 Å². The number of sulfonamides is 1. The van der Waals surface area contributed by atoms with Crippen LogP contribution in [0.1, 0.15) is 24.5 Å². The largest absolute Gasteiger partial charge is 0.326 e. The lowest BCUT2D eigenvalue weighted by Crippen LogP contribution is -2.34. The Labute approximate surface area is 187 Å². The van der Waals surface area contributed by atoms with Crippen LogP contribution in [0.5, 0.6) is 0 Å². The molecule has 0 atom stereocenters. The molecule has 3 aromatic carbocycles. The Morgan fingerprint density at radius 3 is 2.31 bits per heavy atom. The molecule has 32 heavy (non-hydrogen) atoms. The number of anilines is 3.